The number of Topliss-reactive ketones (excluding diaryl/α,β-unsaturated/α-hetero) is 1. The lowest BCUT2D eigenvalue weighted by molar-refractivity contribution is -0.117. The van der Waals surface area contributed by atoms with Gasteiger partial charge in [0.25, 0.3) is 0 Å². The predicted molar refractivity (Wildman–Crippen MR) is 73.6 cm³/mol. The highest BCUT2D eigenvalue weighted by atomic mass is 16.5. The van der Waals surface area contributed by atoms with Gasteiger partial charge in [-0.25, -0.2) is 0 Å². The maximum atomic E-state index is 12.0. The van der Waals surface area contributed by atoms with Gasteiger partial charge in [0, 0.05) is 6.42 Å². The van der Waals surface area contributed by atoms with Crippen LogP contribution in [0.1, 0.15) is 38.2 Å². The number of methoxy groups -OCH3 is 1. The number of carbonyl (C=O) groups is 1. The molecule has 1 aliphatic rings. The zero-order valence-corrected chi connectivity index (χ0v) is 11.1. The quantitative estimate of drug-likeness (QED) is 0.755. The average Bonchev–Trinajstić information content (AvgIpc) is 2.42. The highest BCUT2D eigenvalue weighted by Crippen LogP contribution is 2.30. The number of hydrogen-bond donors (Lipinski definition) is 0. The van der Waals surface area contributed by atoms with Crippen LogP contribution in [-0.2, 0) is 4.79 Å². The van der Waals surface area contributed by atoms with Crippen molar-refractivity contribution in [2.75, 3.05) is 7.11 Å². The number of ketones is 1. The van der Waals surface area contributed by atoms with Gasteiger partial charge in [0.2, 0.25) is 0 Å². The van der Waals surface area contributed by atoms with E-state index in [4.69, 9.17) is 4.74 Å². The first-order chi connectivity index (χ1) is 8.74. The van der Waals surface area contributed by atoms with Gasteiger partial charge in [0.05, 0.1) is 7.11 Å². The third kappa shape index (κ3) is 2.81. The van der Waals surface area contributed by atoms with E-state index in [1.54, 1.807) is 7.11 Å². The number of rotatable bonds is 3. The van der Waals surface area contributed by atoms with Crippen LogP contribution in [0.25, 0.3) is 6.08 Å². The Bertz CT molecular complexity index is 443. The Kier molecular flexibility index (Phi) is 4.19. The first kappa shape index (κ1) is 12.9. The fourth-order valence-corrected chi connectivity index (χ4v) is 2.54. The van der Waals surface area contributed by atoms with Crippen LogP contribution >= 0.6 is 0 Å². The maximum Gasteiger partial charge on any atom is 0.159 e. The van der Waals surface area contributed by atoms with Gasteiger partial charge in [-0.05, 0) is 54.5 Å². The number of allylic oxidation sites excluding steroid dienone is 1. The van der Waals surface area contributed by atoms with Gasteiger partial charge >= 0.3 is 0 Å². The van der Waals surface area contributed by atoms with Gasteiger partial charge in [0.1, 0.15) is 5.75 Å². The summed E-state index contributed by atoms with van der Waals surface area (Å²) in [6.07, 6.45) is 5.99. The summed E-state index contributed by atoms with van der Waals surface area (Å²) in [5.41, 5.74) is 2.09. The van der Waals surface area contributed by atoms with Gasteiger partial charge in [-0.2, -0.15) is 0 Å². The molecule has 1 aliphatic carbocycles. The molecule has 0 N–H and O–H groups in total. The van der Waals surface area contributed by atoms with Crippen molar-refractivity contribution in [3.8, 4) is 5.75 Å². The molecule has 0 bridgehead atoms. The second kappa shape index (κ2) is 5.85. The van der Waals surface area contributed by atoms with E-state index in [1.807, 2.05) is 24.3 Å². The van der Waals surface area contributed by atoms with E-state index in [1.165, 1.54) is 0 Å². The van der Waals surface area contributed by atoms with Crippen LogP contribution in [0.4, 0.5) is 0 Å². The number of hydrogen-bond acceptors (Lipinski definition) is 2. The fraction of sp³-hybridized carbons (Fsp3) is 0.438. The van der Waals surface area contributed by atoms with Crippen molar-refractivity contribution in [2.45, 2.75) is 32.6 Å². The Hall–Kier alpha value is -1.57. The van der Waals surface area contributed by atoms with E-state index in [9.17, 15) is 4.79 Å². The molecular weight excluding hydrogens is 224 g/mol. The fourth-order valence-electron chi connectivity index (χ4n) is 2.54. The van der Waals surface area contributed by atoms with Crippen molar-refractivity contribution in [2.24, 2.45) is 5.92 Å². The van der Waals surface area contributed by atoms with E-state index in [0.717, 1.165) is 36.1 Å². The molecule has 2 nitrogen and oxygen atoms in total. The Labute approximate surface area is 109 Å². The van der Waals surface area contributed by atoms with Gasteiger partial charge < -0.3 is 4.74 Å². The highest BCUT2D eigenvalue weighted by Gasteiger charge is 2.23. The van der Waals surface area contributed by atoms with Crippen molar-refractivity contribution in [3.05, 3.63) is 35.4 Å². The summed E-state index contributed by atoms with van der Waals surface area (Å²) in [6, 6.07) is 7.86. The second-order valence-corrected chi connectivity index (χ2v) is 4.79. The smallest absolute Gasteiger partial charge is 0.159 e. The van der Waals surface area contributed by atoms with E-state index >= 15 is 0 Å². The van der Waals surface area contributed by atoms with Gasteiger partial charge in [-0.1, -0.05) is 19.1 Å². The molecule has 1 saturated carbocycles. The largest absolute Gasteiger partial charge is 0.497 e. The average molecular weight is 244 g/mol. The van der Waals surface area contributed by atoms with Crippen LogP contribution < -0.4 is 4.74 Å². The minimum Gasteiger partial charge on any atom is -0.497 e. The molecule has 0 heterocycles. The topological polar surface area (TPSA) is 26.3 Å². The molecule has 1 atom stereocenters. The van der Waals surface area contributed by atoms with Gasteiger partial charge in [-0.15, -0.1) is 0 Å². The van der Waals surface area contributed by atoms with E-state index in [0.29, 0.717) is 18.1 Å². The Morgan fingerprint density at radius 2 is 2.06 bits per heavy atom. The minimum atomic E-state index is 0.323. The Morgan fingerprint density at radius 3 is 2.67 bits per heavy atom. The number of benzene rings is 1. The van der Waals surface area contributed by atoms with E-state index < -0.39 is 0 Å². The van der Waals surface area contributed by atoms with Crippen molar-refractivity contribution in [1.29, 1.82) is 0 Å². The molecule has 0 aliphatic heterocycles. The van der Waals surface area contributed by atoms with Gasteiger partial charge in [-0.3, -0.25) is 4.79 Å². The van der Waals surface area contributed by atoms with Crippen molar-refractivity contribution >= 4 is 11.9 Å². The summed E-state index contributed by atoms with van der Waals surface area (Å²) in [4.78, 5) is 12.0. The molecule has 0 amide bonds. The normalized spacial score (nSPS) is 22.2. The maximum absolute atomic E-state index is 12.0. The van der Waals surface area contributed by atoms with E-state index in [-0.39, 0.29) is 0 Å². The second-order valence-electron chi connectivity index (χ2n) is 4.79. The van der Waals surface area contributed by atoms with Crippen molar-refractivity contribution in [3.63, 3.8) is 0 Å². The molecule has 1 aromatic rings. The first-order valence-corrected chi connectivity index (χ1v) is 6.63. The molecule has 0 radical (unpaired) electrons. The summed E-state index contributed by atoms with van der Waals surface area (Å²) < 4.78 is 5.13. The summed E-state index contributed by atoms with van der Waals surface area (Å²) >= 11 is 0. The van der Waals surface area contributed by atoms with Crippen molar-refractivity contribution < 1.29 is 9.53 Å². The van der Waals surface area contributed by atoms with Crippen molar-refractivity contribution in [1.82, 2.24) is 0 Å². The first-order valence-electron chi connectivity index (χ1n) is 6.63. The molecular formula is C16H20O2. The minimum absolute atomic E-state index is 0.323. The summed E-state index contributed by atoms with van der Waals surface area (Å²) in [5, 5.41) is 0. The molecule has 96 valence electrons. The third-order valence-electron chi connectivity index (χ3n) is 3.65. The number of ether oxygens (including phenoxy) is 1. The standard InChI is InChI=1S/C16H20O2/c1-3-13-5-4-6-16(17)15(13)11-12-7-9-14(18-2)10-8-12/h7-11,13H,3-6H2,1-2H3/b15-11-. The molecule has 18 heavy (non-hydrogen) atoms. The number of carbonyl (C=O) groups excluding carboxylic acids is 1. The SMILES string of the molecule is CCC1CCCC(=O)/C1=C\c1ccc(OC)cc1. The Balaban J connectivity index is 2.25. The van der Waals surface area contributed by atoms with Crippen LogP contribution in [-0.4, -0.2) is 12.9 Å². The van der Waals surface area contributed by atoms with E-state index in [2.05, 4.69) is 13.0 Å². The molecule has 0 spiro atoms. The molecule has 1 fully saturated rings. The molecule has 1 aromatic carbocycles. The molecule has 0 saturated heterocycles. The zero-order valence-electron chi connectivity index (χ0n) is 11.1. The lowest BCUT2D eigenvalue weighted by Gasteiger charge is -2.23. The van der Waals surface area contributed by atoms with Crippen LogP contribution in [0.15, 0.2) is 29.8 Å². The highest BCUT2D eigenvalue weighted by molar-refractivity contribution is 6.00. The molecule has 1 unspecified atom stereocenters. The van der Waals surface area contributed by atoms with Gasteiger partial charge in [0.15, 0.2) is 5.78 Å². The monoisotopic (exact) mass is 244 g/mol. The summed E-state index contributed by atoms with van der Waals surface area (Å²) in [5.74, 6) is 1.61. The summed E-state index contributed by atoms with van der Waals surface area (Å²) in [6.45, 7) is 2.16. The molecule has 2 rings (SSSR count). The van der Waals surface area contributed by atoms with Crippen LogP contribution in [0.3, 0.4) is 0 Å². The predicted octanol–water partition coefficient (Wildman–Crippen LogP) is 3.86. The third-order valence-corrected chi connectivity index (χ3v) is 3.65. The summed E-state index contributed by atoms with van der Waals surface area (Å²) in [7, 11) is 1.66. The lowest BCUT2D eigenvalue weighted by atomic mass is 9.81. The lowest BCUT2D eigenvalue weighted by Crippen LogP contribution is -2.18. The van der Waals surface area contributed by atoms with Crippen LogP contribution in [0.5, 0.6) is 5.75 Å². The zero-order chi connectivity index (χ0) is 13.0. The van der Waals surface area contributed by atoms with Crippen LogP contribution in [0, 0.1) is 5.92 Å². The molecule has 2 heteroatoms. The van der Waals surface area contributed by atoms with Crippen LogP contribution in [0.2, 0.25) is 0 Å². The molecule has 0 aromatic heterocycles. The Morgan fingerprint density at radius 1 is 1.33 bits per heavy atom.